The van der Waals surface area contributed by atoms with Gasteiger partial charge in [-0.2, -0.15) is 0 Å². The van der Waals surface area contributed by atoms with Gasteiger partial charge in [0.2, 0.25) is 0 Å². The van der Waals surface area contributed by atoms with Crippen LogP contribution in [0.1, 0.15) is 32.6 Å². The third-order valence-electron chi connectivity index (χ3n) is 4.85. The zero-order chi connectivity index (χ0) is 14.6. The minimum atomic E-state index is -0.784. The first-order valence-corrected chi connectivity index (χ1v) is 7.90. The summed E-state index contributed by atoms with van der Waals surface area (Å²) >= 11 is 0. The Morgan fingerprint density at radius 2 is 1.85 bits per heavy atom. The Hall–Kier alpha value is -0.650. The molecule has 0 aromatic rings. The second kappa shape index (κ2) is 6.87. The largest absolute Gasteiger partial charge is 0.480 e. The number of carboxylic acids is 1. The first-order chi connectivity index (χ1) is 9.53. The van der Waals surface area contributed by atoms with Crippen LogP contribution in [0.25, 0.3) is 0 Å². The monoisotopic (exact) mass is 283 g/mol. The van der Waals surface area contributed by atoms with Gasteiger partial charge in [0, 0.05) is 32.7 Å². The van der Waals surface area contributed by atoms with Crippen LogP contribution in [0, 0.1) is 5.92 Å². The van der Waals surface area contributed by atoms with E-state index in [1.807, 2.05) is 0 Å². The number of carbonyl (C=O) groups is 1. The molecule has 2 aliphatic rings. The lowest BCUT2D eigenvalue weighted by Gasteiger charge is -2.35. The molecule has 0 spiro atoms. The SMILES string of the molecule is CNC(C)(CCCN1CCN(CC2CC2)CC1)C(=O)O. The Bertz CT molecular complexity index is 325. The fraction of sp³-hybridized carbons (Fsp3) is 0.933. The van der Waals surface area contributed by atoms with Crippen LogP contribution in [-0.4, -0.2) is 72.7 Å². The van der Waals surface area contributed by atoms with Crippen molar-refractivity contribution in [1.82, 2.24) is 15.1 Å². The van der Waals surface area contributed by atoms with Gasteiger partial charge in [-0.05, 0) is 52.1 Å². The molecule has 1 unspecified atom stereocenters. The highest BCUT2D eigenvalue weighted by Gasteiger charge is 2.31. The third-order valence-corrected chi connectivity index (χ3v) is 4.85. The molecule has 2 rings (SSSR count). The van der Waals surface area contributed by atoms with Crippen LogP contribution in [-0.2, 0) is 4.79 Å². The van der Waals surface area contributed by atoms with Crippen molar-refractivity contribution in [2.24, 2.45) is 5.92 Å². The number of rotatable bonds is 8. The van der Waals surface area contributed by atoms with E-state index < -0.39 is 11.5 Å². The maximum atomic E-state index is 11.2. The molecule has 2 fully saturated rings. The summed E-state index contributed by atoms with van der Waals surface area (Å²) in [6.07, 6.45) is 4.48. The van der Waals surface area contributed by atoms with Gasteiger partial charge in [0.15, 0.2) is 0 Å². The van der Waals surface area contributed by atoms with Gasteiger partial charge in [0.25, 0.3) is 0 Å². The van der Waals surface area contributed by atoms with Gasteiger partial charge in [-0.1, -0.05) is 0 Å². The van der Waals surface area contributed by atoms with Gasteiger partial charge in [0.05, 0.1) is 0 Å². The summed E-state index contributed by atoms with van der Waals surface area (Å²) in [4.78, 5) is 16.3. The van der Waals surface area contributed by atoms with Crippen LogP contribution < -0.4 is 5.32 Å². The lowest BCUT2D eigenvalue weighted by molar-refractivity contribution is -0.144. The number of piperazine rings is 1. The fourth-order valence-electron chi connectivity index (χ4n) is 2.86. The summed E-state index contributed by atoms with van der Waals surface area (Å²) in [5.41, 5.74) is -0.784. The van der Waals surface area contributed by atoms with Gasteiger partial charge in [0.1, 0.15) is 5.54 Å². The van der Waals surface area contributed by atoms with Gasteiger partial charge >= 0.3 is 5.97 Å². The van der Waals surface area contributed by atoms with Crippen molar-refractivity contribution in [3.63, 3.8) is 0 Å². The van der Waals surface area contributed by atoms with Crippen molar-refractivity contribution < 1.29 is 9.90 Å². The average Bonchev–Trinajstić information content (AvgIpc) is 3.24. The van der Waals surface area contributed by atoms with E-state index in [2.05, 4.69) is 15.1 Å². The first-order valence-electron chi connectivity index (χ1n) is 7.90. The molecule has 1 saturated heterocycles. The molecular formula is C15H29N3O2. The summed E-state index contributed by atoms with van der Waals surface area (Å²) < 4.78 is 0. The number of carboxylic acid groups (broad SMARTS) is 1. The van der Waals surface area contributed by atoms with Gasteiger partial charge in [-0.3, -0.25) is 4.79 Å². The molecule has 5 heteroatoms. The average molecular weight is 283 g/mol. The summed E-state index contributed by atoms with van der Waals surface area (Å²) in [5, 5.41) is 12.1. The van der Waals surface area contributed by atoms with Crippen molar-refractivity contribution in [3.8, 4) is 0 Å². The second-order valence-electron chi connectivity index (χ2n) is 6.58. The van der Waals surface area contributed by atoms with Crippen molar-refractivity contribution in [2.45, 2.75) is 38.1 Å². The van der Waals surface area contributed by atoms with E-state index >= 15 is 0 Å². The highest BCUT2D eigenvalue weighted by molar-refractivity contribution is 5.78. The van der Waals surface area contributed by atoms with E-state index in [0.717, 1.165) is 32.0 Å². The molecule has 1 aliphatic heterocycles. The molecule has 116 valence electrons. The molecule has 20 heavy (non-hydrogen) atoms. The standard InChI is InChI=1S/C15H29N3O2/c1-15(16-2,14(19)20)6-3-7-17-8-10-18(11-9-17)12-13-4-5-13/h13,16H,3-12H2,1-2H3,(H,19,20). The maximum Gasteiger partial charge on any atom is 0.323 e. The minimum Gasteiger partial charge on any atom is -0.480 e. The predicted octanol–water partition coefficient (Wildman–Crippen LogP) is 0.857. The Labute approximate surface area is 122 Å². The van der Waals surface area contributed by atoms with E-state index in [1.54, 1.807) is 14.0 Å². The molecule has 1 heterocycles. The molecule has 2 N–H and O–H groups in total. The lowest BCUT2D eigenvalue weighted by atomic mass is 9.96. The zero-order valence-corrected chi connectivity index (χ0v) is 12.9. The van der Waals surface area contributed by atoms with E-state index in [4.69, 9.17) is 0 Å². The van der Waals surface area contributed by atoms with Crippen molar-refractivity contribution >= 4 is 5.97 Å². The smallest absolute Gasteiger partial charge is 0.323 e. The summed E-state index contributed by atoms with van der Waals surface area (Å²) in [6.45, 7) is 8.71. The molecule has 1 saturated carbocycles. The molecule has 0 amide bonds. The summed E-state index contributed by atoms with van der Waals surface area (Å²) in [6, 6.07) is 0. The lowest BCUT2D eigenvalue weighted by Crippen LogP contribution is -2.49. The number of nitrogens with zero attached hydrogens (tertiary/aromatic N) is 2. The third kappa shape index (κ3) is 4.43. The van der Waals surface area contributed by atoms with E-state index in [9.17, 15) is 9.90 Å². The predicted molar refractivity (Wildman–Crippen MR) is 79.9 cm³/mol. The van der Waals surface area contributed by atoms with Crippen LogP contribution in [0.3, 0.4) is 0 Å². The molecule has 1 atom stereocenters. The van der Waals surface area contributed by atoms with Crippen LogP contribution in [0.4, 0.5) is 0 Å². The Kier molecular flexibility index (Phi) is 5.41. The fourth-order valence-corrected chi connectivity index (χ4v) is 2.86. The molecule has 0 aromatic heterocycles. The van der Waals surface area contributed by atoms with E-state index in [0.29, 0.717) is 6.42 Å². The summed E-state index contributed by atoms with van der Waals surface area (Å²) in [7, 11) is 1.73. The second-order valence-corrected chi connectivity index (χ2v) is 6.58. The number of aliphatic carboxylic acids is 1. The summed E-state index contributed by atoms with van der Waals surface area (Å²) in [5.74, 6) is 0.225. The highest BCUT2D eigenvalue weighted by atomic mass is 16.4. The topological polar surface area (TPSA) is 55.8 Å². The molecule has 5 nitrogen and oxygen atoms in total. The number of hydrogen-bond acceptors (Lipinski definition) is 4. The zero-order valence-electron chi connectivity index (χ0n) is 12.9. The van der Waals surface area contributed by atoms with Crippen LogP contribution in [0.2, 0.25) is 0 Å². The molecule has 0 radical (unpaired) electrons. The minimum absolute atomic E-state index is 0.682. The molecular weight excluding hydrogens is 254 g/mol. The van der Waals surface area contributed by atoms with Gasteiger partial charge in [-0.15, -0.1) is 0 Å². The molecule has 0 aromatic carbocycles. The van der Waals surface area contributed by atoms with Gasteiger partial charge in [-0.25, -0.2) is 0 Å². The van der Waals surface area contributed by atoms with Crippen LogP contribution >= 0.6 is 0 Å². The first kappa shape index (κ1) is 15.7. The van der Waals surface area contributed by atoms with Crippen molar-refractivity contribution in [3.05, 3.63) is 0 Å². The van der Waals surface area contributed by atoms with E-state index in [1.165, 1.54) is 32.5 Å². The highest BCUT2D eigenvalue weighted by Crippen LogP contribution is 2.29. The number of hydrogen-bond donors (Lipinski definition) is 2. The van der Waals surface area contributed by atoms with Crippen molar-refractivity contribution in [2.75, 3.05) is 46.3 Å². The maximum absolute atomic E-state index is 11.2. The van der Waals surface area contributed by atoms with Crippen LogP contribution in [0.5, 0.6) is 0 Å². The molecule has 1 aliphatic carbocycles. The van der Waals surface area contributed by atoms with Crippen molar-refractivity contribution in [1.29, 1.82) is 0 Å². The molecule has 0 bridgehead atoms. The Balaban J connectivity index is 1.61. The van der Waals surface area contributed by atoms with Crippen LogP contribution in [0.15, 0.2) is 0 Å². The normalized spacial score (nSPS) is 24.5. The van der Waals surface area contributed by atoms with E-state index in [-0.39, 0.29) is 0 Å². The quantitative estimate of drug-likeness (QED) is 0.692. The van der Waals surface area contributed by atoms with Gasteiger partial charge < -0.3 is 20.2 Å². The number of nitrogens with one attached hydrogen (secondary N) is 1. The Morgan fingerprint density at radius 3 is 2.35 bits per heavy atom. The Morgan fingerprint density at radius 1 is 1.25 bits per heavy atom. The number of likely N-dealkylation sites (N-methyl/N-ethyl adjacent to an activating group) is 1.